The van der Waals surface area contributed by atoms with Gasteiger partial charge in [0, 0.05) is 11.3 Å². The number of ether oxygens (including phenoxy) is 1. The number of anilines is 1. The number of benzene rings is 2. The predicted molar refractivity (Wildman–Crippen MR) is 88.0 cm³/mol. The first kappa shape index (κ1) is 15.5. The highest BCUT2D eigenvalue weighted by atomic mass is 16.5. The summed E-state index contributed by atoms with van der Waals surface area (Å²) < 4.78 is 5.34. The van der Waals surface area contributed by atoms with Crippen molar-refractivity contribution in [3.63, 3.8) is 0 Å². The predicted octanol–water partition coefficient (Wildman–Crippen LogP) is 3.26. The van der Waals surface area contributed by atoms with Gasteiger partial charge in [0.15, 0.2) is 0 Å². The lowest BCUT2D eigenvalue weighted by atomic mass is 10.2. The van der Waals surface area contributed by atoms with Crippen molar-refractivity contribution in [3.8, 4) is 17.6 Å². The minimum atomic E-state index is -0.286. The molecular formula is C18H18N2O2. The van der Waals surface area contributed by atoms with Gasteiger partial charge in [0.1, 0.15) is 5.75 Å². The van der Waals surface area contributed by atoms with Gasteiger partial charge in [-0.15, -0.1) is 0 Å². The van der Waals surface area contributed by atoms with Crippen LogP contribution in [0.5, 0.6) is 5.75 Å². The molecule has 0 radical (unpaired) electrons. The van der Waals surface area contributed by atoms with E-state index in [0.29, 0.717) is 12.3 Å². The molecule has 22 heavy (non-hydrogen) atoms. The van der Waals surface area contributed by atoms with E-state index in [4.69, 9.17) is 4.74 Å². The second kappa shape index (κ2) is 8.38. The Balaban J connectivity index is 1.77. The maximum atomic E-state index is 11.7. The van der Waals surface area contributed by atoms with Gasteiger partial charge in [-0.2, -0.15) is 0 Å². The molecular weight excluding hydrogens is 276 g/mol. The van der Waals surface area contributed by atoms with Crippen LogP contribution in [0.15, 0.2) is 54.6 Å². The van der Waals surface area contributed by atoms with Crippen molar-refractivity contribution < 1.29 is 9.53 Å². The minimum Gasteiger partial charge on any atom is -0.494 e. The van der Waals surface area contributed by atoms with E-state index in [0.717, 1.165) is 11.3 Å². The Kier molecular flexibility index (Phi) is 5.89. The molecule has 0 fully saturated rings. The fourth-order valence-corrected chi connectivity index (χ4v) is 1.77. The van der Waals surface area contributed by atoms with Crippen LogP contribution in [-0.4, -0.2) is 19.2 Å². The SMILES string of the molecule is CCOc1ccc(NC(=O)NCC#Cc2ccccc2)cc1. The lowest BCUT2D eigenvalue weighted by Gasteiger charge is -2.07. The summed E-state index contributed by atoms with van der Waals surface area (Å²) in [5, 5.41) is 5.42. The molecule has 2 N–H and O–H groups in total. The molecule has 0 heterocycles. The zero-order valence-electron chi connectivity index (χ0n) is 12.4. The molecule has 0 spiro atoms. The summed E-state index contributed by atoms with van der Waals surface area (Å²) >= 11 is 0. The van der Waals surface area contributed by atoms with Crippen LogP contribution in [0.25, 0.3) is 0 Å². The van der Waals surface area contributed by atoms with Gasteiger partial charge in [0.05, 0.1) is 13.2 Å². The quantitative estimate of drug-likeness (QED) is 0.850. The molecule has 2 aromatic carbocycles. The van der Waals surface area contributed by atoms with Gasteiger partial charge in [-0.05, 0) is 43.3 Å². The Labute approximate surface area is 130 Å². The maximum absolute atomic E-state index is 11.7. The van der Waals surface area contributed by atoms with Crippen LogP contribution < -0.4 is 15.4 Å². The molecule has 0 atom stereocenters. The number of hydrogen-bond donors (Lipinski definition) is 2. The standard InChI is InChI=1S/C18H18N2O2/c1-2-22-17-12-10-16(11-13-17)20-18(21)19-14-6-9-15-7-4-3-5-8-15/h3-5,7-8,10-13H,2,14H2,1H3,(H2,19,20,21). The van der Waals surface area contributed by atoms with E-state index < -0.39 is 0 Å². The average Bonchev–Trinajstić information content (AvgIpc) is 2.55. The molecule has 112 valence electrons. The van der Waals surface area contributed by atoms with Crippen molar-refractivity contribution in [3.05, 3.63) is 60.2 Å². The zero-order valence-corrected chi connectivity index (χ0v) is 12.4. The number of hydrogen-bond acceptors (Lipinski definition) is 2. The Bertz CT molecular complexity index is 655. The summed E-state index contributed by atoms with van der Waals surface area (Å²) in [6.45, 7) is 2.83. The van der Waals surface area contributed by atoms with E-state index in [1.54, 1.807) is 12.1 Å². The zero-order chi connectivity index (χ0) is 15.6. The molecule has 2 rings (SSSR count). The van der Waals surface area contributed by atoms with Crippen LogP contribution in [-0.2, 0) is 0 Å². The lowest BCUT2D eigenvalue weighted by molar-refractivity contribution is 0.253. The molecule has 4 nitrogen and oxygen atoms in total. The molecule has 0 aliphatic carbocycles. The van der Waals surface area contributed by atoms with Gasteiger partial charge in [-0.3, -0.25) is 0 Å². The van der Waals surface area contributed by atoms with Crippen LogP contribution in [0.2, 0.25) is 0 Å². The van der Waals surface area contributed by atoms with Crippen molar-refractivity contribution in [2.75, 3.05) is 18.5 Å². The van der Waals surface area contributed by atoms with E-state index in [-0.39, 0.29) is 12.6 Å². The average molecular weight is 294 g/mol. The first-order valence-corrected chi connectivity index (χ1v) is 7.09. The summed E-state index contributed by atoms with van der Waals surface area (Å²) in [5.41, 5.74) is 1.63. The van der Waals surface area contributed by atoms with Crippen LogP contribution in [0.1, 0.15) is 12.5 Å². The van der Waals surface area contributed by atoms with Crippen LogP contribution >= 0.6 is 0 Å². The number of carbonyl (C=O) groups is 1. The van der Waals surface area contributed by atoms with Crippen molar-refractivity contribution in [1.29, 1.82) is 0 Å². The topological polar surface area (TPSA) is 50.4 Å². The van der Waals surface area contributed by atoms with Gasteiger partial charge in [-0.25, -0.2) is 4.79 Å². The number of urea groups is 1. The van der Waals surface area contributed by atoms with Gasteiger partial charge < -0.3 is 15.4 Å². The first-order chi connectivity index (χ1) is 10.8. The third-order valence-electron chi connectivity index (χ3n) is 2.77. The summed E-state index contributed by atoms with van der Waals surface area (Å²) in [4.78, 5) is 11.7. The number of rotatable bonds is 4. The third-order valence-corrected chi connectivity index (χ3v) is 2.77. The van der Waals surface area contributed by atoms with Gasteiger partial charge >= 0.3 is 6.03 Å². The third kappa shape index (κ3) is 5.22. The minimum absolute atomic E-state index is 0.286. The number of carbonyl (C=O) groups excluding carboxylic acids is 1. The molecule has 2 amide bonds. The van der Waals surface area contributed by atoms with Gasteiger partial charge in [0.25, 0.3) is 0 Å². The van der Waals surface area contributed by atoms with Crippen LogP contribution in [0.4, 0.5) is 10.5 Å². The highest BCUT2D eigenvalue weighted by Crippen LogP contribution is 2.15. The largest absolute Gasteiger partial charge is 0.494 e. The summed E-state index contributed by atoms with van der Waals surface area (Å²) in [6.07, 6.45) is 0. The molecule has 0 bridgehead atoms. The highest BCUT2D eigenvalue weighted by molar-refractivity contribution is 5.89. The van der Waals surface area contributed by atoms with E-state index in [1.807, 2.05) is 49.4 Å². The monoisotopic (exact) mass is 294 g/mol. The Morgan fingerprint density at radius 3 is 2.50 bits per heavy atom. The molecule has 0 aliphatic heterocycles. The summed E-state index contributed by atoms with van der Waals surface area (Å²) in [7, 11) is 0. The maximum Gasteiger partial charge on any atom is 0.319 e. The lowest BCUT2D eigenvalue weighted by Crippen LogP contribution is -2.28. The highest BCUT2D eigenvalue weighted by Gasteiger charge is 2.00. The molecule has 0 aliphatic rings. The van der Waals surface area contributed by atoms with Crippen molar-refractivity contribution in [2.45, 2.75) is 6.92 Å². The number of nitrogens with one attached hydrogen (secondary N) is 2. The fraction of sp³-hybridized carbons (Fsp3) is 0.167. The molecule has 2 aromatic rings. The molecule has 0 unspecified atom stereocenters. The summed E-state index contributed by atoms with van der Waals surface area (Å²) in [6, 6.07) is 16.6. The van der Waals surface area contributed by atoms with E-state index in [1.165, 1.54) is 0 Å². The van der Waals surface area contributed by atoms with Crippen LogP contribution in [0, 0.1) is 11.8 Å². The molecule has 0 saturated heterocycles. The van der Waals surface area contributed by atoms with E-state index in [2.05, 4.69) is 22.5 Å². The van der Waals surface area contributed by atoms with Crippen molar-refractivity contribution >= 4 is 11.7 Å². The Morgan fingerprint density at radius 1 is 1.09 bits per heavy atom. The second-order valence-electron chi connectivity index (χ2n) is 4.43. The molecule has 0 saturated carbocycles. The van der Waals surface area contributed by atoms with Crippen molar-refractivity contribution in [2.24, 2.45) is 0 Å². The van der Waals surface area contributed by atoms with E-state index >= 15 is 0 Å². The molecule has 0 aromatic heterocycles. The van der Waals surface area contributed by atoms with Gasteiger partial charge in [-0.1, -0.05) is 30.0 Å². The van der Waals surface area contributed by atoms with Gasteiger partial charge in [0.2, 0.25) is 0 Å². The first-order valence-electron chi connectivity index (χ1n) is 7.09. The fourth-order valence-electron chi connectivity index (χ4n) is 1.77. The normalized spacial score (nSPS) is 9.32. The number of amides is 2. The van der Waals surface area contributed by atoms with E-state index in [9.17, 15) is 4.79 Å². The Hall–Kier alpha value is -2.93. The summed E-state index contributed by atoms with van der Waals surface area (Å²) in [5.74, 6) is 6.66. The molecule has 4 heteroatoms. The second-order valence-corrected chi connectivity index (χ2v) is 4.43. The van der Waals surface area contributed by atoms with Crippen molar-refractivity contribution in [1.82, 2.24) is 5.32 Å². The smallest absolute Gasteiger partial charge is 0.319 e. The Morgan fingerprint density at radius 2 is 1.82 bits per heavy atom. The van der Waals surface area contributed by atoms with Crippen LogP contribution in [0.3, 0.4) is 0 Å².